The first-order valence-electron chi connectivity index (χ1n) is 7.02. The average molecular weight is 335 g/mol. The SMILES string of the molecule is CS(=O)(=O)O.Cc1ncc2n1CCc1c-2[nH]c2ccc(O)cc12. The van der Waals surface area contributed by atoms with Crippen molar-refractivity contribution in [3.8, 4) is 17.1 Å². The smallest absolute Gasteiger partial charge is 0.261 e. The van der Waals surface area contributed by atoms with Crippen molar-refractivity contribution in [1.82, 2.24) is 14.5 Å². The van der Waals surface area contributed by atoms with Crippen molar-refractivity contribution in [2.75, 3.05) is 6.26 Å². The molecule has 3 heterocycles. The van der Waals surface area contributed by atoms with E-state index < -0.39 is 10.1 Å². The van der Waals surface area contributed by atoms with Gasteiger partial charge in [-0.15, -0.1) is 0 Å². The summed E-state index contributed by atoms with van der Waals surface area (Å²) in [5.41, 5.74) is 4.64. The normalized spacial score (nSPS) is 13.2. The van der Waals surface area contributed by atoms with Crippen LogP contribution in [0.15, 0.2) is 24.4 Å². The molecule has 23 heavy (non-hydrogen) atoms. The fraction of sp³-hybridized carbons (Fsp3) is 0.267. The predicted octanol–water partition coefficient (Wildman–Crippen LogP) is 2.11. The third kappa shape index (κ3) is 3.08. The second kappa shape index (κ2) is 5.39. The number of aromatic nitrogens is 3. The molecule has 1 aromatic carbocycles. The zero-order valence-corrected chi connectivity index (χ0v) is 13.6. The van der Waals surface area contributed by atoms with Crippen molar-refractivity contribution in [2.45, 2.75) is 19.9 Å². The minimum atomic E-state index is -3.67. The molecule has 0 saturated carbocycles. The Morgan fingerprint density at radius 2 is 2.04 bits per heavy atom. The topological polar surface area (TPSA) is 108 Å². The number of fused-ring (bicyclic) bond motifs is 5. The molecule has 0 unspecified atom stereocenters. The highest BCUT2D eigenvalue weighted by atomic mass is 32.2. The lowest BCUT2D eigenvalue weighted by molar-refractivity contribution is 0.476. The molecular weight excluding hydrogens is 318 g/mol. The summed E-state index contributed by atoms with van der Waals surface area (Å²) in [6, 6.07) is 5.48. The Morgan fingerprint density at radius 3 is 2.74 bits per heavy atom. The van der Waals surface area contributed by atoms with Gasteiger partial charge in [0.2, 0.25) is 0 Å². The van der Waals surface area contributed by atoms with Crippen LogP contribution < -0.4 is 0 Å². The van der Waals surface area contributed by atoms with Gasteiger partial charge in [-0.25, -0.2) is 4.98 Å². The van der Waals surface area contributed by atoms with Gasteiger partial charge in [-0.2, -0.15) is 8.42 Å². The maximum absolute atomic E-state index is 9.62. The van der Waals surface area contributed by atoms with E-state index in [0.717, 1.165) is 41.1 Å². The molecule has 2 aromatic heterocycles. The van der Waals surface area contributed by atoms with Crippen molar-refractivity contribution in [3.05, 3.63) is 35.8 Å². The molecule has 8 heteroatoms. The monoisotopic (exact) mass is 335 g/mol. The second-order valence-electron chi connectivity index (χ2n) is 5.53. The molecule has 0 atom stereocenters. The Balaban J connectivity index is 0.000000276. The molecule has 0 aliphatic carbocycles. The average Bonchev–Trinajstić information content (AvgIpc) is 2.98. The van der Waals surface area contributed by atoms with Crippen LogP contribution in [0.1, 0.15) is 11.4 Å². The lowest BCUT2D eigenvalue weighted by Crippen LogP contribution is -2.11. The molecule has 0 saturated heterocycles. The maximum Gasteiger partial charge on any atom is 0.261 e. The van der Waals surface area contributed by atoms with E-state index in [4.69, 9.17) is 4.55 Å². The summed E-state index contributed by atoms with van der Waals surface area (Å²) in [5.74, 6) is 1.37. The van der Waals surface area contributed by atoms with E-state index in [9.17, 15) is 13.5 Å². The van der Waals surface area contributed by atoms with Crippen molar-refractivity contribution >= 4 is 21.0 Å². The fourth-order valence-corrected chi connectivity index (χ4v) is 2.89. The molecule has 4 rings (SSSR count). The minimum Gasteiger partial charge on any atom is -0.508 e. The second-order valence-corrected chi connectivity index (χ2v) is 7.00. The van der Waals surface area contributed by atoms with Gasteiger partial charge in [0, 0.05) is 17.4 Å². The third-order valence-electron chi connectivity index (χ3n) is 3.79. The highest BCUT2D eigenvalue weighted by Gasteiger charge is 2.22. The number of nitrogens with one attached hydrogen (secondary N) is 1. The van der Waals surface area contributed by atoms with Crippen LogP contribution in [-0.4, -0.2) is 38.9 Å². The van der Waals surface area contributed by atoms with Crippen molar-refractivity contribution in [2.24, 2.45) is 0 Å². The van der Waals surface area contributed by atoms with Crippen LogP contribution in [-0.2, 0) is 23.1 Å². The summed E-state index contributed by atoms with van der Waals surface area (Å²) in [6.45, 7) is 2.99. The van der Waals surface area contributed by atoms with Crippen molar-refractivity contribution < 1.29 is 18.1 Å². The summed E-state index contributed by atoms with van der Waals surface area (Å²) in [5, 5.41) is 10.7. The molecule has 1 aliphatic rings. The molecule has 3 aromatic rings. The quantitative estimate of drug-likeness (QED) is 0.545. The van der Waals surface area contributed by atoms with E-state index in [2.05, 4.69) is 14.5 Å². The lowest BCUT2D eigenvalue weighted by atomic mass is 10.0. The van der Waals surface area contributed by atoms with Crippen molar-refractivity contribution in [1.29, 1.82) is 0 Å². The highest BCUT2D eigenvalue weighted by molar-refractivity contribution is 7.85. The number of hydrogen-bond donors (Lipinski definition) is 3. The molecular formula is C15H17N3O4S. The third-order valence-corrected chi connectivity index (χ3v) is 3.79. The minimum absolute atomic E-state index is 0.319. The predicted molar refractivity (Wildman–Crippen MR) is 87.1 cm³/mol. The van der Waals surface area contributed by atoms with Crippen LogP contribution >= 0.6 is 0 Å². The summed E-state index contributed by atoms with van der Waals surface area (Å²) in [7, 11) is -3.67. The van der Waals surface area contributed by atoms with Gasteiger partial charge in [0.25, 0.3) is 10.1 Å². The Morgan fingerprint density at radius 1 is 1.35 bits per heavy atom. The molecule has 122 valence electrons. The number of phenols is 1. The number of phenolic OH excluding ortho intramolecular Hbond substituents is 1. The van der Waals surface area contributed by atoms with Crippen LogP contribution in [0.25, 0.3) is 22.3 Å². The van der Waals surface area contributed by atoms with E-state index in [1.807, 2.05) is 25.3 Å². The van der Waals surface area contributed by atoms with Gasteiger partial charge in [0.05, 0.1) is 23.8 Å². The molecule has 1 aliphatic heterocycles. The van der Waals surface area contributed by atoms with Gasteiger partial charge in [-0.1, -0.05) is 0 Å². The Bertz CT molecular complexity index is 978. The molecule has 0 bridgehead atoms. The van der Waals surface area contributed by atoms with Crippen LogP contribution in [0, 0.1) is 6.92 Å². The Kier molecular flexibility index (Phi) is 3.65. The van der Waals surface area contributed by atoms with Gasteiger partial charge in [-0.05, 0) is 37.1 Å². The summed E-state index contributed by atoms with van der Waals surface area (Å²) in [4.78, 5) is 7.82. The molecule has 3 N–H and O–H groups in total. The summed E-state index contributed by atoms with van der Waals surface area (Å²) < 4.78 is 28.1. The number of nitrogens with zero attached hydrogens (tertiary/aromatic N) is 2. The highest BCUT2D eigenvalue weighted by Crippen LogP contribution is 2.36. The molecule has 7 nitrogen and oxygen atoms in total. The number of H-pyrrole nitrogens is 1. The van der Waals surface area contributed by atoms with E-state index in [0.29, 0.717) is 12.0 Å². The number of benzene rings is 1. The number of hydrogen-bond acceptors (Lipinski definition) is 4. The van der Waals surface area contributed by atoms with Gasteiger partial charge >= 0.3 is 0 Å². The summed E-state index contributed by atoms with van der Waals surface area (Å²) in [6.07, 6.45) is 3.61. The molecule has 0 fully saturated rings. The number of rotatable bonds is 0. The van der Waals surface area contributed by atoms with Crippen molar-refractivity contribution in [3.63, 3.8) is 0 Å². The molecule has 0 radical (unpaired) electrons. The number of aromatic hydroxyl groups is 1. The first kappa shape index (κ1) is 15.6. The fourth-order valence-electron chi connectivity index (χ4n) is 2.89. The van der Waals surface area contributed by atoms with Gasteiger partial charge in [0.1, 0.15) is 11.6 Å². The first-order valence-corrected chi connectivity index (χ1v) is 8.87. The maximum atomic E-state index is 9.62. The van der Waals surface area contributed by atoms with E-state index in [-0.39, 0.29) is 0 Å². The van der Waals surface area contributed by atoms with Gasteiger partial charge < -0.3 is 14.7 Å². The zero-order valence-electron chi connectivity index (χ0n) is 12.7. The van der Waals surface area contributed by atoms with Crippen LogP contribution in [0.4, 0.5) is 0 Å². The van der Waals surface area contributed by atoms with Gasteiger partial charge in [0.15, 0.2) is 0 Å². The molecule has 0 amide bonds. The standard InChI is InChI=1S/C14H13N3O.CH4O3S/c1-8-15-7-13-14-10(4-5-17(8)13)11-6-9(18)2-3-12(11)16-14;1-5(2,3)4/h2-3,6-7,16,18H,4-5H2,1H3;1H3,(H,2,3,4). The number of aromatic amines is 1. The van der Waals surface area contributed by atoms with Gasteiger partial charge in [-0.3, -0.25) is 4.55 Å². The molecule has 0 spiro atoms. The van der Waals surface area contributed by atoms with E-state index in [1.54, 1.807) is 6.07 Å². The first-order chi connectivity index (χ1) is 10.7. The van der Waals surface area contributed by atoms with Crippen LogP contribution in [0.5, 0.6) is 5.75 Å². The number of aryl methyl sites for hydroxylation is 2. The van der Waals surface area contributed by atoms with E-state index >= 15 is 0 Å². The Hall–Kier alpha value is -2.32. The van der Waals surface area contributed by atoms with Crippen LogP contribution in [0.2, 0.25) is 0 Å². The largest absolute Gasteiger partial charge is 0.508 e. The number of imidazole rings is 1. The Labute approximate surface area is 133 Å². The summed E-state index contributed by atoms with van der Waals surface area (Å²) >= 11 is 0. The lowest BCUT2D eigenvalue weighted by Gasteiger charge is -2.16. The zero-order chi connectivity index (χ0) is 16.8. The van der Waals surface area contributed by atoms with E-state index in [1.165, 1.54) is 5.56 Å². The van der Waals surface area contributed by atoms with Crippen LogP contribution in [0.3, 0.4) is 0 Å².